The van der Waals surface area contributed by atoms with Crippen LogP contribution in [-0.4, -0.2) is 24.4 Å². The van der Waals surface area contributed by atoms with Crippen molar-refractivity contribution in [3.05, 3.63) is 35.4 Å². The van der Waals surface area contributed by atoms with Gasteiger partial charge in [0.15, 0.2) is 0 Å². The molecule has 0 aromatic heterocycles. The maximum absolute atomic E-state index is 12.2. The first-order valence-electron chi connectivity index (χ1n) is 9.38. The average molecular weight is 330 g/mol. The zero-order valence-electron chi connectivity index (χ0n) is 14.8. The van der Waals surface area contributed by atoms with E-state index >= 15 is 0 Å². The number of benzene rings is 1. The molecule has 2 N–H and O–H groups in total. The fraction of sp³-hybridized carbons (Fsp3) is 0.600. The van der Waals surface area contributed by atoms with Gasteiger partial charge < -0.3 is 10.6 Å². The van der Waals surface area contributed by atoms with Crippen LogP contribution in [0.4, 0.5) is 0 Å². The number of unbranched alkanes of at least 4 members (excludes halogenated alkanes) is 5. The normalized spacial score (nSPS) is 17.4. The zero-order valence-corrected chi connectivity index (χ0v) is 14.8. The Kier molecular flexibility index (Phi) is 7.80. The van der Waals surface area contributed by atoms with Crippen LogP contribution in [0.2, 0.25) is 0 Å². The summed E-state index contributed by atoms with van der Waals surface area (Å²) in [5, 5.41) is 5.61. The molecule has 2 amide bonds. The highest BCUT2D eigenvalue weighted by molar-refractivity contribution is 5.97. The van der Waals surface area contributed by atoms with E-state index in [0.29, 0.717) is 18.5 Å². The number of piperidine rings is 1. The van der Waals surface area contributed by atoms with Gasteiger partial charge in [0, 0.05) is 12.1 Å². The van der Waals surface area contributed by atoms with E-state index in [-0.39, 0.29) is 11.8 Å². The van der Waals surface area contributed by atoms with Crippen LogP contribution in [0.15, 0.2) is 24.3 Å². The molecule has 1 fully saturated rings. The van der Waals surface area contributed by atoms with Gasteiger partial charge in [-0.05, 0) is 43.4 Å². The van der Waals surface area contributed by atoms with Crippen LogP contribution in [-0.2, 0) is 11.2 Å². The molecule has 0 saturated carbocycles. The van der Waals surface area contributed by atoms with Crippen molar-refractivity contribution < 1.29 is 9.59 Å². The second-order valence-electron chi connectivity index (χ2n) is 6.67. The predicted octanol–water partition coefficient (Wildman–Crippen LogP) is 3.60. The Morgan fingerprint density at radius 2 is 1.83 bits per heavy atom. The minimum absolute atomic E-state index is 0.0747. The summed E-state index contributed by atoms with van der Waals surface area (Å²) in [4.78, 5) is 23.9. The lowest BCUT2D eigenvalue weighted by atomic mass is 10.0. The van der Waals surface area contributed by atoms with E-state index in [4.69, 9.17) is 0 Å². The van der Waals surface area contributed by atoms with Gasteiger partial charge in [0.1, 0.15) is 6.04 Å². The van der Waals surface area contributed by atoms with Gasteiger partial charge in [-0.3, -0.25) is 9.59 Å². The monoisotopic (exact) mass is 330 g/mol. The molecule has 0 unspecified atom stereocenters. The van der Waals surface area contributed by atoms with E-state index in [2.05, 4.69) is 17.6 Å². The first-order chi connectivity index (χ1) is 11.7. The molecule has 4 heteroatoms. The van der Waals surface area contributed by atoms with Gasteiger partial charge in [0.25, 0.3) is 5.91 Å². The second kappa shape index (κ2) is 10.1. The van der Waals surface area contributed by atoms with Crippen LogP contribution in [0.1, 0.15) is 74.2 Å². The summed E-state index contributed by atoms with van der Waals surface area (Å²) >= 11 is 0. The third-order valence-electron chi connectivity index (χ3n) is 4.63. The molecule has 0 bridgehead atoms. The van der Waals surface area contributed by atoms with Crippen molar-refractivity contribution >= 4 is 11.8 Å². The molecular formula is C20H30N2O2. The molecule has 132 valence electrons. The Balaban J connectivity index is 1.74. The minimum atomic E-state index is -0.394. The van der Waals surface area contributed by atoms with Gasteiger partial charge in [-0.1, -0.05) is 51.2 Å². The van der Waals surface area contributed by atoms with Gasteiger partial charge >= 0.3 is 0 Å². The van der Waals surface area contributed by atoms with Crippen molar-refractivity contribution in [2.24, 2.45) is 0 Å². The van der Waals surface area contributed by atoms with Gasteiger partial charge in [-0.2, -0.15) is 0 Å². The number of amides is 2. The largest absolute Gasteiger partial charge is 0.354 e. The highest BCUT2D eigenvalue weighted by Crippen LogP contribution is 2.12. The van der Waals surface area contributed by atoms with Crippen molar-refractivity contribution in [2.45, 2.75) is 70.8 Å². The summed E-state index contributed by atoms with van der Waals surface area (Å²) in [5.41, 5.74) is 1.90. The molecule has 1 atom stereocenters. The van der Waals surface area contributed by atoms with E-state index in [0.717, 1.165) is 12.8 Å². The van der Waals surface area contributed by atoms with Crippen molar-refractivity contribution in [3.8, 4) is 0 Å². The van der Waals surface area contributed by atoms with Crippen molar-refractivity contribution in [1.82, 2.24) is 10.6 Å². The Morgan fingerprint density at radius 1 is 1.12 bits per heavy atom. The van der Waals surface area contributed by atoms with Crippen LogP contribution in [0.5, 0.6) is 0 Å². The van der Waals surface area contributed by atoms with Crippen molar-refractivity contribution in [3.63, 3.8) is 0 Å². The number of carbonyl (C=O) groups is 2. The summed E-state index contributed by atoms with van der Waals surface area (Å²) in [6.07, 6.45) is 10.5. The minimum Gasteiger partial charge on any atom is -0.354 e. The SMILES string of the molecule is CCCCCCCCc1ccc(C(=O)N[C@@H]2CCCNC2=O)cc1. The zero-order chi connectivity index (χ0) is 17.2. The van der Waals surface area contributed by atoms with Crippen LogP contribution in [0, 0.1) is 0 Å². The standard InChI is InChI=1S/C20H30N2O2/c1-2-3-4-5-6-7-9-16-11-13-17(14-12-16)19(23)22-18-10-8-15-21-20(18)24/h11-14,18H,2-10,15H2,1H3,(H,21,24)(H,22,23)/t18-/m1/s1. The summed E-state index contributed by atoms with van der Waals surface area (Å²) in [6.45, 7) is 2.94. The molecule has 1 aliphatic rings. The lowest BCUT2D eigenvalue weighted by Gasteiger charge is -2.22. The highest BCUT2D eigenvalue weighted by atomic mass is 16.2. The summed E-state index contributed by atoms with van der Waals surface area (Å²) in [5.74, 6) is -0.238. The molecule has 0 radical (unpaired) electrons. The lowest BCUT2D eigenvalue weighted by molar-refractivity contribution is -0.124. The maximum atomic E-state index is 12.2. The first-order valence-corrected chi connectivity index (χ1v) is 9.38. The average Bonchev–Trinajstić information content (AvgIpc) is 2.60. The number of hydrogen-bond donors (Lipinski definition) is 2. The van der Waals surface area contributed by atoms with E-state index < -0.39 is 6.04 Å². The molecule has 1 heterocycles. The quantitative estimate of drug-likeness (QED) is 0.680. The van der Waals surface area contributed by atoms with Gasteiger partial charge in [0.2, 0.25) is 5.91 Å². The predicted molar refractivity (Wildman–Crippen MR) is 97.0 cm³/mol. The molecule has 1 aromatic carbocycles. The van der Waals surface area contributed by atoms with Crippen LogP contribution in [0.25, 0.3) is 0 Å². The molecule has 24 heavy (non-hydrogen) atoms. The van der Waals surface area contributed by atoms with Gasteiger partial charge in [0.05, 0.1) is 0 Å². The van der Waals surface area contributed by atoms with Crippen LogP contribution in [0.3, 0.4) is 0 Å². The molecule has 2 rings (SSSR count). The number of carbonyl (C=O) groups excluding carboxylic acids is 2. The first kappa shape index (κ1) is 18.5. The van der Waals surface area contributed by atoms with Crippen molar-refractivity contribution in [1.29, 1.82) is 0 Å². The van der Waals surface area contributed by atoms with Crippen molar-refractivity contribution in [2.75, 3.05) is 6.54 Å². The van der Waals surface area contributed by atoms with Crippen LogP contribution < -0.4 is 10.6 Å². The summed E-state index contributed by atoms with van der Waals surface area (Å²) in [7, 11) is 0. The number of rotatable bonds is 9. The van der Waals surface area contributed by atoms with Crippen LogP contribution >= 0.6 is 0 Å². The third kappa shape index (κ3) is 5.99. The van der Waals surface area contributed by atoms with Gasteiger partial charge in [-0.25, -0.2) is 0 Å². The summed E-state index contributed by atoms with van der Waals surface area (Å²) in [6, 6.07) is 7.39. The molecule has 1 saturated heterocycles. The molecule has 0 spiro atoms. The smallest absolute Gasteiger partial charge is 0.251 e. The fourth-order valence-electron chi connectivity index (χ4n) is 3.08. The Labute approximate surface area is 145 Å². The van der Waals surface area contributed by atoms with E-state index in [1.54, 1.807) is 0 Å². The van der Waals surface area contributed by atoms with E-state index in [1.807, 2.05) is 24.3 Å². The number of hydrogen-bond acceptors (Lipinski definition) is 2. The molecule has 4 nitrogen and oxygen atoms in total. The Hall–Kier alpha value is -1.84. The molecule has 1 aromatic rings. The Morgan fingerprint density at radius 3 is 2.54 bits per heavy atom. The number of aryl methyl sites for hydroxylation is 1. The van der Waals surface area contributed by atoms with E-state index in [1.165, 1.54) is 44.1 Å². The Bertz CT molecular complexity index is 525. The molecular weight excluding hydrogens is 300 g/mol. The number of nitrogens with one attached hydrogen (secondary N) is 2. The molecule has 0 aliphatic carbocycles. The topological polar surface area (TPSA) is 58.2 Å². The fourth-order valence-corrected chi connectivity index (χ4v) is 3.08. The maximum Gasteiger partial charge on any atom is 0.251 e. The highest BCUT2D eigenvalue weighted by Gasteiger charge is 2.23. The van der Waals surface area contributed by atoms with Gasteiger partial charge in [-0.15, -0.1) is 0 Å². The second-order valence-corrected chi connectivity index (χ2v) is 6.67. The lowest BCUT2D eigenvalue weighted by Crippen LogP contribution is -2.50. The summed E-state index contributed by atoms with van der Waals surface area (Å²) < 4.78 is 0. The molecule has 1 aliphatic heterocycles. The third-order valence-corrected chi connectivity index (χ3v) is 4.63. The van der Waals surface area contributed by atoms with E-state index in [9.17, 15) is 9.59 Å².